The van der Waals surface area contributed by atoms with Crippen molar-refractivity contribution in [2.24, 2.45) is 0 Å². The molecule has 0 saturated carbocycles. The van der Waals surface area contributed by atoms with Crippen LogP contribution in [0.15, 0.2) is 54.6 Å². The smallest absolute Gasteiger partial charge is 0.318 e. The maximum atomic E-state index is 13.2. The van der Waals surface area contributed by atoms with Gasteiger partial charge < -0.3 is 5.32 Å². The Morgan fingerprint density at radius 3 is 2.71 bits per heavy atom. The minimum Gasteiger partial charge on any atom is -0.318 e. The number of hydrogen-bond acceptors (Lipinski definition) is 6. The topological polar surface area (TPSA) is 94.6 Å². The molecule has 8 nitrogen and oxygen atoms in total. The minimum atomic E-state index is -1.17. The molecule has 2 aliphatic rings. The zero-order valence-electron chi connectivity index (χ0n) is 19.0. The second kappa shape index (κ2) is 9.15. The summed E-state index contributed by atoms with van der Waals surface area (Å²) in [7, 11) is 0. The maximum absolute atomic E-state index is 13.2. The molecule has 176 valence electrons. The van der Waals surface area contributed by atoms with E-state index in [4.69, 9.17) is 4.98 Å². The number of aromatic nitrogens is 1. The van der Waals surface area contributed by atoms with Crippen LogP contribution in [0, 0.1) is 0 Å². The highest BCUT2D eigenvalue weighted by molar-refractivity contribution is 7.18. The van der Waals surface area contributed by atoms with E-state index in [1.807, 2.05) is 55.5 Å². The van der Waals surface area contributed by atoms with Crippen molar-refractivity contribution in [1.82, 2.24) is 25.6 Å². The molecule has 0 unspecified atom stereocenters. The number of thiazole rings is 1. The van der Waals surface area contributed by atoms with E-state index in [1.165, 1.54) is 4.70 Å². The molecule has 3 aromatic rings. The minimum absolute atomic E-state index is 0.114. The highest BCUT2D eigenvalue weighted by Gasteiger charge is 2.52. The first-order chi connectivity index (χ1) is 16.5. The SMILES string of the molecule is CC[C@]1(c2ccccc2)NC(=O)N(NC(=O)CN2CCC[C@H](c3nc4ccccc4s3)C2)C1=O. The third-order valence-corrected chi connectivity index (χ3v) is 7.86. The summed E-state index contributed by atoms with van der Waals surface area (Å²) in [5, 5.41) is 4.71. The number of benzene rings is 2. The summed E-state index contributed by atoms with van der Waals surface area (Å²) >= 11 is 1.71. The molecule has 1 aromatic heterocycles. The summed E-state index contributed by atoms with van der Waals surface area (Å²) in [5.41, 5.74) is 3.07. The Balaban J connectivity index is 1.24. The predicted molar refractivity (Wildman–Crippen MR) is 130 cm³/mol. The van der Waals surface area contributed by atoms with Crippen LogP contribution < -0.4 is 10.7 Å². The van der Waals surface area contributed by atoms with Crippen molar-refractivity contribution in [3.63, 3.8) is 0 Å². The first kappa shape index (κ1) is 22.5. The Kier molecular flexibility index (Phi) is 6.05. The molecule has 2 N–H and O–H groups in total. The normalized spacial score (nSPS) is 23.3. The van der Waals surface area contributed by atoms with E-state index < -0.39 is 17.5 Å². The van der Waals surface area contributed by atoms with Crippen molar-refractivity contribution in [2.75, 3.05) is 19.6 Å². The van der Waals surface area contributed by atoms with Crippen molar-refractivity contribution < 1.29 is 14.4 Å². The number of carbonyl (C=O) groups is 3. The van der Waals surface area contributed by atoms with Crippen LogP contribution in [0.3, 0.4) is 0 Å². The third kappa shape index (κ3) is 4.05. The van der Waals surface area contributed by atoms with Gasteiger partial charge in [0.15, 0.2) is 0 Å². The van der Waals surface area contributed by atoms with E-state index in [1.54, 1.807) is 11.3 Å². The number of hydrazine groups is 1. The zero-order valence-corrected chi connectivity index (χ0v) is 19.8. The summed E-state index contributed by atoms with van der Waals surface area (Å²) in [4.78, 5) is 45.6. The molecule has 2 saturated heterocycles. The lowest BCUT2D eigenvalue weighted by molar-refractivity contribution is -0.140. The Hall–Kier alpha value is -3.30. The van der Waals surface area contributed by atoms with Crippen molar-refractivity contribution in [1.29, 1.82) is 0 Å². The monoisotopic (exact) mass is 477 g/mol. The molecule has 0 radical (unpaired) electrons. The molecular formula is C25H27N5O3S. The molecule has 3 heterocycles. The lowest BCUT2D eigenvalue weighted by atomic mass is 9.87. The second-order valence-corrected chi connectivity index (χ2v) is 9.89. The van der Waals surface area contributed by atoms with Crippen LogP contribution >= 0.6 is 11.3 Å². The number of fused-ring (bicyclic) bond motifs is 1. The third-order valence-electron chi connectivity index (χ3n) is 6.66. The highest BCUT2D eigenvalue weighted by Crippen LogP contribution is 2.33. The lowest BCUT2D eigenvalue weighted by Gasteiger charge is -2.31. The van der Waals surface area contributed by atoms with Gasteiger partial charge in [-0.3, -0.25) is 19.9 Å². The molecule has 34 heavy (non-hydrogen) atoms. The Morgan fingerprint density at radius 2 is 1.94 bits per heavy atom. The number of para-hydroxylation sites is 1. The molecule has 2 aliphatic heterocycles. The quantitative estimate of drug-likeness (QED) is 0.531. The van der Waals surface area contributed by atoms with E-state index >= 15 is 0 Å². The molecule has 4 amide bonds. The van der Waals surface area contributed by atoms with Crippen molar-refractivity contribution in [3.8, 4) is 0 Å². The Bertz CT molecular complexity index is 1200. The number of rotatable bonds is 6. The molecule has 0 aliphatic carbocycles. The van der Waals surface area contributed by atoms with Gasteiger partial charge >= 0.3 is 6.03 Å². The van der Waals surface area contributed by atoms with Gasteiger partial charge in [-0.05, 0) is 43.5 Å². The van der Waals surface area contributed by atoms with Gasteiger partial charge in [-0.2, -0.15) is 5.01 Å². The number of carbonyl (C=O) groups excluding carboxylic acids is 3. The number of nitrogens with one attached hydrogen (secondary N) is 2. The largest absolute Gasteiger partial charge is 0.344 e. The maximum Gasteiger partial charge on any atom is 0.344 e. The second-order valence-electron chi connectivity index (χ2n) is 8.82. The molecule has 2 atom stereocenters. The molecule has 0 bridgehead atoms. The summed E-state index contributed by atoms with van der Waals surface area (Å²) < 4.78 is 1.17. The van der Waals surface area contributed by atoms with Crippen LogP contribution in [0.2, 0.25) is 0 Å². The Morgan fingerprint density at radius 1 is 1.18 bits per heavy atom. The van der Waals surface area contributed by atoms with E-state index in [9.17, 15) is 14.4 Å². The average Bonchev–Trinajstić information content (AvgIpc) is 3.40. The van der Waals surface area contributed by atoms with E-state index in [-0.39, 0.29) is 18.4 Å². The fourth-order valence-corrected chi connectivity index (χ4v) is 5.96. The van der Waals surface area contributed by atoms with Gasteiger partial charge in [0.2, 0.25) is 0 Å². The molecule has 2 aromatic carbocycles. The fraction of sp³-hybridized carbons (Fsp3) is 0.360. The molecule has 0 spiro atoms. The summed E-state index contributed by atoms with van der Waals surface area (Å²) in [6, 6.07) is 16.6. The number of urea groups is 1. The standard InChI is InChI=1S/C25H27N5O3S/c1-2-25(18-10-4-3-5-11-18)23(32)30(24(33)27-25)28-21(31)16-29-14-8-9-17(15-29)22-26-19-12-6-7-13-20(19)34-22/h3-7,10-13,17H,2,8-9,14-16H2,1H3,(H,27,33)(H,28,31)/t17-,25+/m0/s1. The van der Waals surface area contributed by atoms with Crippen LogP contribution in [-0.2, 0) is 15.1 Å². The molecule has 5 rings (SSSR count). The highest BCUT2D eigenvalue weighted by atomic mass is 32.1. The lowest BCUT2D eigenvalue weighted by Crippen LogP contribution is -2.51. The first-order valence-corrected chi connectivity index (χ1v) is 12.4. The number of nitrogens with zero attached hydrogens (tertiary/aromatic N) is 3. The first-order valence-electron chi connectivity index (χ1n) is 11.6. The number of piperidine rings is 1. The number of hydrogen-bond donors (Lipinski definition) is 2. The predicted octanol–water partition coefficient (Wildman–Crippen LogP) is 3.36. The summed E-state index contributed by atoms with van der Waals surface area (Å²) in [6.07, 6.45) is 2.37. The van der Waals surface area contributed by atoms with Crippen LogP contribution in [0.25, 0.3) is 10.2 Å². The number of imide groups is 1. The van der Waals surface area contributed by atoms with Crippen LogP contribution in [0.1, 0.15) is 42.7 Å². The summed E-state index contributed by atoms with van der Waals surface area (Å²) in [5.74, 6) is -0.583. The van der Waals surface area contributed by atoms with Crippen molar-refractivity contribution in [2.45, 2.75) is 37.6 Å². The number of amides is 4. The zero-order chi connectivity index (χ0) is 23.7. The number of likely N-dealkylation sites (tertiary alicyclic amines) is 1. The van der Waals surface area contributed by atoms with Gasteiger partial charge in [0.05, 0.1) is 21.8 Å². The molecule has 9 heteroatoms. The van der Waals surface area contributed by atoms with Gasteiger partial charge in [-0.15, -0.1) is 11.3 Å². The molecule has 2 fully saturated rings. The van der Waals surface area contributed by atoms with Crippen LogP contribution in [-0.4, -0.2) is 52.4 Å². The van der Waals surface area contributed by atoms with Gasteiger partial charge in [-0.25, -0.2) is 9.78 Å². The average molecular weight is 478 g/mol. The Labute approximate surface area is 201 Å². The fourth-order valence-electron chi connectivity index (χ4n) is 4.87. The van der Waals surface area contributed by atoms with E-state index in [2.05, 4.69) is 21.7 Å². The van der Waals surface area contributed by atoms with Crippen LogP contribution in [0.5, 0.6) is 0 Å². The van der Waals surface area contributed by atoms with Crippen molar-refractivity contribution in [3.05, 3.63) is 65.2 Å². The molecular weight excluding hydrogens is 450 g/mol. The van der Waals surface area contributed by atoms with Gasteiger partial charge in [-0.1, -0.05) is 49.4 Å². The van der Waals surface area contributed by atoms with Crippen LogP contribution in [0.4, 0.5) is 4.79 Å². The van der Waals surface area contributed by atoms with Crippen molar-refractivity contribution >= 4 is 39.4 Å². The van der Waals surface area contributed by atoms with E-state index in [0.29, 0.717) is 12.0 Å². The van der Waals surface area contributed by atoms with Gasteiger partial charge in [0, 0.05) is 12.5 Å². The van der Waals surface area contributed by atoms with Gasteiger partial charge in [0.25, 0.3) is 11.8 Å². The van der Waals surface area contributed by atoms with E-state index in [0.717, 1.165) is 41.5 Å². The summed E-state index contributed by atoms with van der Waals surface area (Å²) in [6.45, 7) is 3.46. The van der Waals surface area contributed by atoms with Gasteiger partial charge in [0.1, 0.15) is 5.54 Å².